The number of benzene rings is 1. The Morgan fingerprint density at radius 3 is 2.71 bits per heavy atom. The molecule has 0 radical (unpaired) electrons. The van der Waals surface area contributed by atoms with Gasteiger partial charge >= 0.3 is 0 Å². The Labute approximate surface area is 106 Å². The first-order valence-electron chi connectivity index (χ1n) is 5.39. The number of hydrogen-bond donors (Lipinski definition) is 0. The minimum Gasteiger partial charge on any atom is -0.264 e. The van der Waals surface area contributed by atoms with Crippen molar-refractivity contribution in [1.29, 1.82) is 0 Å². The van der Waals surface area contributed by atoms with E-state index in [-0.39, 0.29) is 0 Å². The number of para-hydroxylation sites is 1. The molecule has 2 rings (SSSR count). The van der Waals surface area contributed by atoms with E-state index in [2.05, 4.69) is 9.98 Å². The van der Waals surface area contributed by atoms with Gasteiger partial charge in [-0.1, -0.05) is 29.8 Å². The van der Waals surface area contributed by atoms with E-state index in [1.54, 1.807) is 12.4 Å². The van der Waals surface area contributed by atoms with Crippen LogP contribution in [0, 0.1) is 6.92 Å². The SMILES string of the molecule is CC(=Nc1c(C)cccc1Cl)c1cccnc1. The van der Waals surface area contributed by atoms with Crippen LogP contribution < -0.4 is 0 Å². The fraction of sp³-hybridized carbons (Fsp3) is 0.143. The summed E-state index contributed by atoms with van der Waals surface area (Å²) < 4.78 is 0. The van der Waals surface area contributed by atoms with Crippen molar-refractivity contribution < 1.29 is 0 Å². The normalized spacial score (nSPS) is 11.6. The maximum absolute atomic E-state index is 6.14. The van der Waals surface area contributed by atoms with Gasteiger partial charge in [-0.15, -0.1) is 0 Å². The average molecular weight is 245 g/mol. The van der Waals surface area contributed by atoms with Gasteiger partial charge in [0.2, 0.25) is 0 Å². The van der Waals surface area contributed by atoms with Crippen molar-refractivity contribution in [2.75, 3.05) is 0 Å². The summed E-state index contributed by atoms with van der Waals surface area (Å²) in [4.78, 5) is 8.65. The molecule has 0 bridgehead atoms. The van der Waals surface area contributed by atoms with Gasteiger partial charge < -0.3 is 0 Å². The second-order valence-corrected chi connectivity index (χ2v) is 4.25. The topological polar surface area (TPSA) is 25.2 Å². The molecule has 1 heterocycles. The summed E-state index contributed by atoms with van der Waals surface area (Å²) >= 11 is 6.14. The maximum Gasteiger partial charge on any atom is 0.0848 e. The molecule has 2 aromatic rings. The van der Waals surface area contributed by atoms with E-state index in [0.29, 0.717) is 5.02 Å². The highest BCUT2D eigenvalue weighted by atomic mass is 35.5. The lowest BCUT2D eigenvalue weighted by Gasteiger charge is -2.05. The van der Waals surface area contributed by atoms with Gasteiger partial charge in [-0.2, -0.15) is 0 Å². The molecule has 0 aliphatic carbocycles. The molecular weight excluding hydrogens is 232 g/mol. The summed E-state index contributed by atoms with van der Waals surface area (Å²) in [5, 5.41) is 0.674. The van der Waals surface area contributed by atoms with E-state index in [9.17, 15) is 0 Å². The van der Waals surface area contributed by atoms with Crippen LogP contribution >= 0.6 is 11.6 Å². The Kier molecular flexibility index (Phi) is 3.55. The zero-order valence-corrected chi connectivity index (χ0v) is 10.6. The molecule has 1 aromatic heterocycles. The van der Waals surface area contributed by atoms with Crippen molar-refractivity contribution >= 4 is 23.0 Å². The third-order valence-electron chi connectivity index (χ3n) is 2.55. The van der Waals surface area contributed by atoms with Crippen LogP contribution in [0.2, 0.25) is 5.02 Å². The van der Waals surface area contributed by atoms with Crippen LogP contribution in [0.1, 0.15) is 18.1 Å². The van der Waals surface area contributed by atoms with Crippen molar-refractivity contribution in [3.63, 3.8) is 0 Å². The van der Waals surface area contributed by atoms with Crippen LogP contribution in [-0.2, 0) is 0 Å². The molecule has 0 aliphatic heterocycles. The van der Waals surface area contributed by atoms with Gasteiger partial charge in [-0.3, -0.25) is 9.98 Å². The smallest absolute Gasteiger partial charge is 0.0848 e. The van der Waals surface area contributed by atoms with Gasteiger partial charge in [0.1, 0.15) is 0 Å². The molecule has 3 heteroatoms. The third kappa shape index (κ3) is 2.71. The second-order valence-electron chi connectivity index (χ2n) is 3.84. The van der Waals surface area contributed by atoms with Gasteiger partial charge in [0.15, 0.2) is 0 Å². The number of nitrogens with zero attached hydrogens (tertiary/aromatic N) is 2. The first-order chi connectivity index (χ1) is 8.18. The Morgan fingerprint density at radius 1 is 1.24 bits per heavy atom. The van der Waals surface area contributed by atoms with Crippen molar-refractivity contribution in [2.24, 2.45) is 4.99 Å². The lowest BCUT2D eigenvalue weighted by Crippen LogP contribution is -1.94. The predicted octanol–water partition coefficient (Wildman–Crippen LogP) is 4.18. The fourth-order valence-corrected chi connectivity index (χ4v) is 1.84. The number of hydrogen-bond acceptors (Lipinski definition) is 2. The van der Waals surface area contributed by atoms with Crippen LogP contribution in [0.4, 0.5) is 5.69 Å². The largest absolute Gasteiger partial charge is 0.264 e. The quantitative estimate of drug-likeness (QED) is 0.728. The van der Waals surface area contributed by atoms with Gasteiger partial charge in [0.05, 0.1) is 10.7 Å². The van der Waals surface area contributed by atoms with Crippen LogP contribution in [0.15, 0.2) is 47.7 Å². The van der Waals surface area contributed by atoms with Gasteiger partial charge in [-0.05, 0) is 31.5 Å². The number of aliphatic imine (C=N–C) groups is 1. The van der Waals surface area contributed by atoms with Gasteiger partial charge in [0.25, 0.3) is 0 Å². The molecule has 17 heavy (non-hydrogen) atoms. The van der Waals surface area contributed by atoms with Crippen LogP contribution in [0.3, 0.4) is 0 Å². The first kappa shape index (κ1) is 11.8. The van der Waals surface area contributed by atoms with E-state index < -0.39 is 0 Å². The first-order valence-corrected chi connectivity index (χ1v) is 5.77. The monoisotopic (exact) mass is 244 g/mol. The van der Waals surface area contributed by atoms with E-state index in [0.717, 1.165) is 22.5 Å². The summed E-state index contributed by atoms with van der Waals surface area (Å²) in [6, 6.07) is 9.66. The summed E-state index contributed by atoms with van der Waals surface area (Å²) in [7, 11) is 0. The Bertz CT molecular complexity index is 527. The highest BCUT2D eigenvalue weighted by molar-refractivity contribution is 6.33. The van der Waals surface area contributed by atoms with E-state index in [1.165, 1.54) is 0 Å². The molecule has 2 nitrogen and oxygen atoms in total. The standard InChI is InChI=1S/C14H13ClN2/c1-10-5-3-7-13(15)14(10)17-11(2)12-6-4-8-16-9-12/h3-9H,1-2H3. The Balaban J connectivity index is 2.43. The highest BCUT2D eigenvalue weighted by Crippen LogP contribution is 2.28. The van der Waals surface area contributed by atoms with Crippen molar-refractivity contribution in [3.05, 3.63) is 58.9 Å². The highest BCUT2D eigenvalue weighted by Gasteiger charge is 2.03. The molecular formula is C14H13ClN2. The average Bonchev–Trinajstić information content (AvgIpc) is 2.35. The molecule has 0 fully saturated rings. The zero-order chi connectivity index (χ0) is 12.3. The molecule has 0 amide bonds. The fourth-order valence-electron chi connectivity index (χ4n) is 1.57. The van der Waals surface area contributed by atoms with Gasteiger partial charge in [0, 0.05) is 23.7 Å². The zero-order valence-electron chi connectivity index (χ0n) is 9.81. The number of aryl methyl sites for hydroxylation is 1. The molecule has 0 atom stereocenters. The van der Waals surface area contributed by atoms with Gasteiger partial charge in [-0.25, -0.2) is 0 Å². The summed E-state index contributed by atoms with van der Waals surface area (Å²) in [6.45, 7) is 3.96. The molecule has 0 saturated heterocycles. The number of pyridine rings is 1. The number of rotatable bonds is 2. The predicted molar refractivity (Wildman–Crippen MR) is 72.3 cm³/mol. The molecule has 0 spiro atoms. The number of halogens is 1. The Morgan fingerprint density at radius 2 is 2.06 bits per heavy atom. The summed E-state index contributed by atoms with van der Waals surface area (Å²) in [5.41, 5.74) is 3.82. The molecule has 0 unspecified atom stereocenters. The molecule has 0 saturated carbocycles. The lowest BCUT2D eigenvalue weighted by atomic mass is 10.1. The summed E-state index contributed by atoms with van der Waals surface area (Å²) in [6.07, 6.45) is 3.54. The van der Waals surface area contributed by atoms with E-state index >= 15 is 0 Å². The van der Waals surface area contributed by atoms with Crippen molar-refractivity contribution in [2.45, 2.75) is 13.8 Å². The van der Waals surface area contributed by atoms with Crippen LogP contribution in [0.5, 0.6) is 0 Å². The third-order valence-corrected chi connectivity index (χ3v) is 2.85. The molecule has 86 valence electrons. The Hall–Kier alpha value is -1.67. The van der Waals surface area contributed by atoms with Crippen molar-refractivity contribution in [1.82, 2.24) is 4.98 Å². The van der Waals surface area contributed by atoms with Crippen LogP contribution in [0.25, 0.3) is 0 Å². The summed E-state index contributed by atoms with van der Waals surface area (Å²) in [5.74, 6) is 0. The minimum atomic E-state index is 0.674. The van der Waals surface area contributed by atoms with E-state index in [4.69, 9.17) is 11.6 Å². The molecule has 0 aliphatic rings. The number of aromatic nitrogens is 1. The minimum absolute atomic E-state index is 0.674. The van der Waals surface area contributed by atoms with Crippen LogP contribution in [-0.4, -0.2) is 10.7 Å². The molecule has 0 N–H and O–H groups in total. The second kappa shape index (κ2) is 5.11. The van der Waals surface area contributed by atoms with E-state index in [1.807, 2.05) is 44.2 Å². The lowest BCUT2D eigenvalue weighted by molar-refractivity contribution is 1.30. The molecule has 1 aromatic carbocycles. The maximum atomic E-state index is 6.14. The van der Waals surface area contributed by atoms with Crippen molar-refractivity contribution in [3.8, 4) is 0 Å².